The predicted molar refractivity (Wildman–Crippen MR) is 133 cm³/mol. The van der Waals surface area contributed by atoms with Crippen molar-refractivity contribution in [3.63, 3.8) is 0 Å². The van der Waals surface area contributed by atoms with E-state index in [-0.39, 0.29) is 18.2 Å². The molecule has 1 amide bonds. The fourth-order valence-corrected chi connectivity index (χ4v) is 3.79. The van der Waals surface area contributed by atoms with Gasteiger partial charge in [-0.1, -0.05) is 24.3 Å². The van der Waals surface area contributed by atoms with Gasteiger partial charge in [0, 0.05) is 12.1 Å². The number of carbonyl (C=O) groups excluding carboxylic acids is 1. The second-order valence-electron chi connectivity index (χ2n) is 7.54. The first-order valence-electron chi connectivity index (χ1n) is 10.3. The molecule has 0 unspecified atom stereocenters. The maximum absolute atomic E-state index is 13.0. The molecule has 0 bridgehead atoms. The Labute approximate surface area is 201 Å². The van der Waals surface area contributed by atoms with Gasteiger partial charge in [0.15, 0.2) is 16.6 Å². The summed E-state index contributed by atoms with van der Waals surface area (Å²) in [7, 11) is 1.53. The van der Waals surface area contributed by atoms with Crippen molar-refractivity contribution in [1.82, 2.24) is 5.32 Å². The molecule has 4 rings (SSSR count). The van der Waals surface area contributed by atoms with Crippen LogP contribution in [-0.4, -0.2) is 23.1 Å². The number of nitro benzene ring substituents is 1. The molecular formula is C25H21N3O5S. The monoisotopic (exact) mass is 475 g/mol. The molecule has 34 heavy (non-hydrogen) atoms. The summed E-state index contributed by atoms with van der Waals surface area (Å²) in [5.41, 5.74) is 3.57. The summed E-state index contributed by atoms with van der Waals surface area (Å²) in [6.45, 7) is 2.14. The Balaban J connectivity index is 1.51. The topological polar surface area (TPSA) is 93.9 Å². The van der Waals surface area contributed by atoms with E-state index in [0.29, 0.717) is 22.3 Å². The molecule has 1 fully saturated rings. The number of thiocarbonyl (C=S) groups is 1. The van der Waals surface area contributed by atoms with Crippen LogP contribution in [0.3, 0.4) is 0 Å². The predicted octanol–water partition coefficient (Wildman–Crippen LogP) is 4.75. The fourth-order valence-electron chi connectivity index (χ4n) is 3.50. The number of ether oxygens (including phenoxy) is 2. The minimum absolute atomic E-state index is 0.0225. The van der Waals surface area contributed by atoms with E-state index in [9.17, 15) is 14.9 Å². The third-order valence-corrected chi connectivity index (χ3v) is 5.56. The number of amides is 1. The number of rotatable bonds is 7. The number of para-hydroxylation sites is 1. The summed E-state index contributed by atoms with van der Waals surface area (Å²) >= 11 is 5.40. The van der Waals surface area contributed by atoms with Gasteiger partial charge in [-0.15, -0.1) is 0 Å². The molecule has 1 aliphatic heterocycles. The smallest absolute Gasteiger partial charge is 0.281 e. The number of nitrogens with zero attached hydrogens (tertiary/aromatic N) is 2. The number of anilines is 1. The molecule has 1 N–H and O–H groups in total. The zero-order chi connectivity index (χ0) is 24.2. The molecule has 0 saturated carbocycles. The first-order valence-corrected chi connectivity index (χ1v) is 10.7. The van der Waals surface area contributed by atoms with Gasteiger partial charge >= 0.3 is 0 Å². The Morgan fingerprint density at radius 2 is 1.82 bits per heavy atom. The Bertz CT molecular complexity index is 1300. The average Bonchev–Trinajstić information content (AvgIpc) is 3.11. The second-order valence-corrected chi connectivity index (χ2v) is 7.92. The Kier molecular flexibility index (Phi) is 6.55. The highest BCUT2D eigenvalue weighted by atomic mass is 32.1. The van der Waals surface area contributed by atoms with E-state index < -0.39 is 4.92 Å². The summed E-state index contributed by atoms with van der Waals surface area (Å²) in [4.78, 5) is 24.9. The quantitative estimate of drug-likeness (QED) is 0.228. The van der Waals surface area contributed by atoms with Gasteiger partial charge in [-0.25, -0.2) is 0 Å². The molecule has 172 valence electrons. The zero-order valence-corrected chi connectivity index (χ0v) is 19.3. The first-order chi connectivity index (χ1) is 16.4. The number of nitro groups is 1. The van der Waals surface area contributed by atoms with Crippen molar-refractivity contribution in [3.05, 3.63) is 99.2 Å². The number of hydrogen-bond donors (Lipinski definition) is 1. The maximum atomic E-state index is 13.0. The van der Waals surface area contributed by atoms with Gasteiger partial charge in [0.2, 0.25) is 0 Å². The van der Waals surface area contributed by atoms with E-state index in [1.54, 1.807) is 36.4 Å². The maximum Gasteiger partial charge on any atom is 0.281 e. The van der Waals surface area contributed by atoms with Crippen LogP contribution in [0.2, 0.25) is 0 Å². The normalized spacial score (nSPS) is 14.3. The van der Waals surface area contributed by atoms with E-state index in [0.717, 1.165) is 22.4 Å². The zero-order valence-electron chi connectivity index (χ0n) is 18.5. The molecule has 1 heterocycles. The van der Waals surface area contributed by atoms with Gasteiger partial charge < -0.3 is 14.8 Å². The largest absolute Gasteiger partial charge is 0.493 e. The van der Waals surface area contributed by atoms with Crippen molar-refractivity contribution >= 4 is 40.7 Å². The van der Waals surface area contributed by atoms with Crippen LogP contribution in [0.15, 0.2) is 72.4 Å². The SMILES string of the molecule is COc1cc(/C=C2/NC(=S)N(c3ccccc3C)C2=O)ccc1OCc1ccc([N+](=O)[O-])cc1. The molecule has 1 saturated heterocycles. The van der Waals surface area contributed by atoms with E-state index in [1.165, 1.54) is 24.1 Å². The highest BCUT2D eigenvalue weighted by molar-refractivity contribution is 7.80. The molecule has 9 heteroatoms. The standard InChI is InChI=1S/C25H21N3O5S/c1-16-5-3-4-6-21(16)27-24(29)20(26-25(27)34)13-18-9-12-22(23(14-18)32-2)33-15-17-7-10-19(11-8-17)28(30)31/h3-14H,15H2,1-2H3,(H,26,34)/b20-13+. The van der Waals surface area contributed by atoms with Crippen LogP contribution in [0.4, 0.5) is 11.4 Å². The van der Waals surface area contributed by atoms with Crippen LogP contribution in [0.1, 0.15) is 16.7 Å². The van der Waals surface area contributed by atoms with Crippen LogP contribution in [0, 0.1) is 17.0 Å². The Hall–Kier alpha value is -4.24. The molecule has 8 nitrogen and oxygen atoms in total. The number of nitrogens with one attached hydrogen (secondary N) is 1. The summed E-state index contributed by atoms with van der Waals surface area (Å²) in [6.07, 6.45) is 1.70. The number of hydrogen-bond acceptors (Lipinski definition) is 6. The van der Waals surface area contributed by atoms with Crippen LogP contribution in [-0.2, 0) is 11.4 Å². The molecule has 3 aromatic carbocycles. The van der Waals surface area contributed by atoms with Crippen LogP contribution < -0.4 is 19.7 Å². The highest BCUT2D eigenvalue weighted by Gasteiger charge is 2.32. The van der Waals surface area contributed by atoms with Crippen molar-refractivity contribution in [2.24, 2.45) is 0 Å². The number of aryl methyl sites for hydroxylation is 1. The van der Waals surface area contributed by atoms with Crippen molar-refractivity contribution in [2.75, 3.05) is 12.0 Å². The first kappa shape index (κ1) is 22.9. The lowest BCUT2D eigenvalue weighted by Crippen LogP contribution is -2.30. The van der Waals surface area contributed by atoms with Gasteiger partial charge in [-0.05, 0) is 72.2 Å². The summed E-state index contributed by atoms with van der Waals surface area (Å²) in [6, 6.07) is 19.0. The third kappa shape index (κ3) is 4.74. The summed E-state index contributed by atoms with van der Waals surface area (Å²) < 4.78 is 11.3. The van der Waals surface area contributed by atoms with Crippen molar-refractivity contribution in [1.29, 1.82) is 0 Å². The van der Waals surface area contributed by atoms with Gasteiger partial charge in [-0.2, -0.15) is 0 Å². The van der Waals surface area contributed by atoms with Crippen LogP contribution in [0.25, 0.3) is 6.08 Å². The van der Waals surface area contributed by atoms with Gasteiger partial charge in [-0.3, -0.25) is 19.8 Å². The summed E-state index contributed by atoms with van der Waals surface area (Å²) in [5, 5.41) is 14.1. The molecule has 0 radical (unpaired) electrons. The lowest BCUT2D eigenvalue weighted by atomic mass is 10.1. The van der Waals surface area contributed by atoms with Crippen LogP contribution >= 0.6 is 12.2 Å². The third-order valence-electron chi connectivity index (χ3n) is 5.27. The van der Waals surface area contributed by atoms with Gasteiger partial charge in [0.1, 0.15) is 12.3 Å². The van der Waals surface area contributed by atoms with Gasteiger partial charge in [0.25, 0.3) is 11.6 Å². The van der Waals surface area contributed by atoms with E-state index >= 15 is 0 Å². The lowest BCUT2D eigenvalue weighted by Gasteiger charge is -2.16. The number of carbonyl (C=O) groups is 1. The van der Waals surface area contributed by atoms with Crippen molar-refractivity contribution < 1.29 is 19.2 Å². The molecule has 1 aliphatic rings. The minimum Gasteiger partial charge on any atom is -0.493 e. The Morgan fingerprint density at radius 1 is 1.09 bits per heavy atom. The molecular weight excluding hydrogens is 454 g/mol. The second kappa shape index (κ2) is 9.72. The summed E-state index contributed by atoms with van der Waals surface area (Å²) in [5.74, 6) is 0.752. The van der Waals surface area contributed by atoms with E-state index in [2.05, 4.69) is 5.32 Å². The van der Waals surface area contributed by atoms with Gasteiger partial charge in [0.05, 0.1) is 17.7 Å². The molecule has 0 spiro atoms. The number of benzene rings is 3. The molecule has 0 aromatic heterocycles. The molecule has 0 aliphatic carbocycles. The lowest BCUT2D eigenvalue weighted by molar-refractivity contribution is -0.384. The van der Waals surface area contributed by atoms with E-state index in [1.807, 2.05) is 31.2 Å². The number of methoxy groups -OCH3 is 1. The highest BCUT2D eigenvalue weighted by Crippen LogP contribution is 2.31. The average molecular weight is 476 g/mol. The molecule has 3 aromatic rings. The van der Waals surface area contributed by atoms with Crippen molar-refractivity contribution in [2.45, 2.75) is 13.5 Å². The fraction of sp³-hybridized carbons (Fsp3) is 0.120. The van der Waals surface area contributed by atoms with Crippen LogP contribution in [0.5, 0.6) is 11.5 Å². The minimum atomic E-state index is -0.447. The van der Waals surface area contributed by atoms with Crippen molar-refractivity contribution in [3.8, 4) is 11.5 Å². The number of non-ortho nitro benzene ring substituents is 1. The van der Waals surface area contributed by atoms with E-state index in [4.69, 9.17) is 21.7 Å². The Morgan fingerprint density at radius 3 is 2.50 bits per heavy atom. The molecule has 0 atom stereocenters.